The Hall–Kier alpha value is -3.29. The SMILES string of the molecule is Cc1nc2ncnn2c(C)c1CCC(=O)N1CCN(C(=O)c2ccccc2)CC1. The molecule has 0 N–H and O–H groups in total. The van der Waals surface area contributed by atoms with Gasteiger partial charge in [-0.3, -0.25) is 9.59 Å². The second-order valence-corrected chi connectivity index (χ2v) is 7.27. The van der Waals surface area contributed by atoms with Crippen molar-refractivity contribution in [1.29, 1.82) is 0 Å². The molecule has 1 aliphatic rings. The number of aromatic nitrogens is 4. The minimum atomic E-state index is 0.0242. The van der Waals surface area contributed by atoms with Crippen LogP contribution in [0.1, 0.15) is 33.7 Å². The highest BCUT2D eigenvalue weighted by atomic mass is 16.2. The Morgan fingerprint density at radius 3 is 2.41 bits per heavy atom. The van der Waals surface area contributed by atoms with Gasteiger partial charge in [-0.2, -0.15) is 10.1 Å². The summed E-state index contributed by atoms with van der Waals surface area (Å²) in [4.78, 5) is 37.5. The molecule has 2 aromatic heterocycles. The molecule has 0 bridgehead atoms. The summed E-state index contributed by atoms with van der Waals surface area (Å²) in [5.41, 5.74) is 3.58. The van der Waals surface area contributed by atoms with Crippen LogP contribution in [-0.2, 0) is 11.2 Å². The second-order valence-electron chi connectivity index (χ2n) is 7.27. The summed E-state index contributed by atoms with van der Waals surface area (Å²) in [6.45, 7) is 6.17. The van der Waals surface area contributed by atoms with Gasteiger partial charge in [0.15, 0.2) is 0 Å². The molecule has 1 saturated heterocycles. The average Bonchev–Trinajstić information content (AvgIpc) is 3.22. The monoisotopic (exact) mass is 392 g/mol. The summed E-state index contributed by atoms with van der Waals surface area (Å²) in [6, 6.07) is 9.27. The van der Waals surface area contributed by atoms with E-state index in [2.05, 4.69) is 15.1 Å². The third-order valence-electron chi connectivity index (χ3n) is 5.52. The molecule has 29 heavy (non-hydrogen) atoms. The van der Waals surface area contributed by atoms with Gasteiger partial charge in [-0.1, -0.05) is 18.2 Å². The number of fused-ring (bicyclic) bond motifs is 1. The molecule has 3 heterocycles. The van der Waals surface area contributed by atoms with E-state index in [1.165, 1.54) is 6.33 Å². The van der Waals surface area contributed by atoms with Crippen molar-refractivity contribution in [3.63, 3.8) is 0 Å². The maximum absolute atomic E-state index is 12.7. The molecule has 1 aliphatic heterocycles. The van der Waals surface area contributed by atoms with Gasteiger partial charge < -0.3 is 9.80 Å². The molecule has 4 rings (SSSR count). The summed E-state index contributed by atoms with van der Waals surface area (Å²) < 4.78 is 1.71. The molecule has 0 aliphatic carbocycles. The summed E-state index contributed by atoms with van der Waals surface area (Å²) in [5.74, 6) is 0.708. The van der Waals surface area contributed by atoms with E-state index >= 15 is 0 Å². The molecule has 0 saturated carbocycles. The zero-order valence-electron chi connectivity index (χ0n) is 16.7. The van der Waals surface area contributed by atoms with E-state index < -0.39 is 0 Å². The zero-order chi connectivity index (χ0) is 20.4. The van der Waals surface area contributed by atoms with Crippen molar-refractivity contribution in [3.05, 3.63) is 59.2 Å². The molecular formula is C21H24N6O2. The molecule has 0 atom stereocenters. The van der Waals surface area contributed by atoms with E-state index in [1.54, 1.807) is 4.52 Å². The zero-order valence-corrected chi connectivity index (χ0v) is 16.7. The molecule has 150 valence electrons. The van der Waals surface area contributed by atoms with E-state index in [4.69, 9.17) is 0 Å². The minimum Gasteiger partial charge on any atom is -0.339 e. The van der Waals surface area contributed by atoms with Gasteiger partial charge in [-0.05, 0) is 38.0 Å². The molecule has 0 unspecified atom stereocenters. The lowest BCUT2D eigenvalue weighted by atomic mass is 10.1. The number of piperazine rings is 1. The molecule has 0 spiro atoms. The van der Waals surface area contributed by atoms with Crippen LogP contribution in [0, 0.1) is 13.8 Å². The van der Waals surface area contributed by atoms with Gasteiger partial charge in [-0.25, -0.2) is 9.50 Å². The number of benzene rings is 1. The van der Waals surface area contributed by atoms with Crippen molar-refractivity contribution < 1.29 is 9.59 Å². The van der Waals surface area contributed by atoms with Gasteiger partial charge >= 0.3 is 0 Å². The standard InChI is InChI=1S/C21H24N6O2/c1-15-18(16(2)27-21(24-15)22-14-23-27)8-9-19(28)25-10-12-26(13-11-25)20(29)17-6-4-3-5-7-17/h3-7,14H,8-13H2,1-2H3. The Kier molecular flexibility index (Phi) is 5.24. The lowest BCUT2D eigenvalue weighted by molar-refractivity contribution is -0.132. The third kappa shape index (κ3) is 3.83. The Labute approximate surface area is 169 Å². The van der Waals surface area contributed by atoms with Crippen LogP contribution in [-0.4, -0.2) is 67.4 Å². The highest BCUT2D eigenvalue weighted by molar-refractivity contribution is 5.94. The molecule has 3 aromatic rings. The van der Waals surface area contributed by atoms with E-state index in [9.17, 15) is 9.59 Å². The summed E-state index contributed by atoms with van der Waals surface area (Å²) in [6.07, 6.45) is 2.51. The third-order valence-corrected chi connectivity index (χ3v) is 5.52. The lowest BCUT2D eigenvalue weighted by Gasteiger charge is -2.35. The number of nitrogens with zero attached hydrogens (tertiary/aromatic N) is 6. The highest BCUT2D eigenvalue weighted by Gasteiger charge is 2.25. The van der Waals surface area contributed by atoms with Gasteiger partial charge in [0.25, 0.3) is 11.7 Å². The van der Waals surface area contributed by atoms with Crippen LogP contribution in [0.2, 0.25) is 0 Å². The van der Waals surface area contributed by atoms with Gasteiger partial charge in [-0.15, -0.1) is 0 Å². The quantitative estimate of drug-likeness (QED) is 0.674. The number of carbonyl (C=O) groups is 2. The molecule has 1 aromatic carbocycles. The number of hydrogen-bond donors (Lipinski definition) is 0. The van der Waals surface area contributed by atoms with E-state index in [0.29, 0.717) is 50.4 Å². The van der Waals surface area contributed by atoms with Crippen LogP contribution in [0.15, 0.2) is 36.7 Å². The largest absolute Gasteiger partial charge is 0.339 e. The van der Waals surface area contributed by atoms with Crippen molar-refractivity contribution in [2.45, 2.75) is 26.7 Å². The van der Waals surface area contributed by atoms with Crippen LogP contribution >= 0.6 is 0 Å². The number of carbonyl (C=O) groups excluding carboxylic acids is 2. The predicted octanol–water partition coefficient (Wildman–Crippen LogP) is 1.66. The van der Waals surface area contributed by atoms with E-state index in [-0.39, 0.29) is 11.8 Å². The first-order valence-electron chi connectivity index (χ1n) is 9.82. The topological polar surface area (TPSA) is 83.7 Å². The van der Waals surface area contributed by atoms with Crippen molar-refractivity contribution >= 4 is 17.6 Å². The van der Waals surface area contributed by atoms with Crippen LogP contribution in [0.4, 0.5) is 0 Å². The maximum atomic E-state index is 12.7. The lowest BCUT2D eigenvalue weighted by Crippen LogP contribution is -2.50. The fraction of sp³-hybridized carbons (Fsp3) is 0.381. The first-order valence-corrected chi connectivity index (χ1v) is 9.82. The Balaban J connectivity index is 1.34. The number of amides is 2. The highest BCUT2D eigenvalue weighted by Crippen LogP contribution is 2.16. The molecule has 1 fully saturated rings. The molecule has 8 heteroatoms. The smallest absolute Gasteiger partial charge is 0.253 e. The van der Waals surface area contributed by atoms with Crippen molar-refractivity contribution in [3.8, 4) is 0 Å². The van der Waals surface area contributed by atoms with Crippen LogP contribution in [0.25, 0.3) is 5.78 Å². The summed E-state index contributed by atoms with van der Waals surface area (Å²) in [5, 5.41) is 4.20. The van der Waals surface area contributed by atoms with E-state index in [1.807, 2.05) is 54.0 Å². The first kappa shape index (κ1) is 19.0. The normalized spacial score (nSPS) is 14.4. The maximum Gasteiger partial charge on any atom is 0.253 e. The van der Waals surface area contributed by atoms with Crippen molar-refractivity contribution in [2.75, 3.05) is 26.2 Å². The number of hydrogen-bond acceptors (Lipinski definition) is 5. The van der Waals surface area contributed by atoms with E-state index in [0.717, 1.165) is 17.0 Å². The van der Waals surface area contributed by atoms with Gasteiger partial charge in [0.2, 0.25) is 5.91 Å². The van der Waals surface area contributed by atoms with Gasteiger partial charge in [0, 0.05) is 49.6 Å². The van der Waals surface area contributed by atoms with Gasteiger partial charge in [0.1, 0.15) is 6.33 Å². The molecule has 0 radical (unpaired) electrons. The molecular weight excluding hydrogens is 368 g/mol. The van der Waals surface area contributed by atoms with Crippen molar-refractivity contribution in [1.82, 2.24) is 29.4 Å². The van der Waals surface area contributed by atoms with Crippen molar-refractivity contribution in [2.24, 2.45) is 0 Å². The van der Waals surface area contributed by atoms with Crippen LogP contribution in [0.3, 0.4) is 0 Å². The number of aryl methyl sites for hydroxylation is 2. The second kappa shape index (κ2) is 7.98. The summed E-state index contributed by atoms with van der Waals surface area (Å²) >= 11 is 0. The number of rotatable bonds is 4. The van der Waals surface area contributed by atoms with Crippen LogP contribution in [0.5, 0.6) is 0 Å². The summed E-state index contributed by atoms with van der Waals surface area (Å²) in [7, 11) is 0. The minimum absolute atomic E-state index is 0.0242. The molecule has 8 nitrogen and oxygen atoms in total. The fourth-order valence-electron chi connectivity index (χ4n) is 3.83. The average molecular weight is 392 g/mol. The van der Waals surface area contributed by atoms with Crippen LogP contribution < -0.4 is 0 Å². The Morgan fingerprint density at radius 2 is 1.69 bits per heavy atom. The Morgan fingerprint density at radius 1 is 1.00 bits per heavy atom. The van der Waals surface area contributed by atoms with Gasteiger partial charge in [0.05, 0.1) is 0 Å². The fourth-order valence-corrected chi connectivity index (χ4v) is 3.83. The first-order chi connectivity index (χ1) is 14.0. The molecule has 2 amide bonds. The Bertz CT molecular complexity index is 1040. The predicted molar refractivity (Wildman–Crippen MR) is 108 cm³/mol.